The molecule has 2 aliphatic rings. The number of aromatic hydroxyl groups is 2. The van der Waals surface area contributed by atoms with Crippen molar-refractivity contribution in [2.75, 3.05) is 53.4 Å². The first-order chi connectivity index (χ1) is 19.7. The van der Waals surface area contributed by atoms with Gasteiger partial charge in [0.15, 0.2) is 11.8 Å². The van der Waals surface area contributed by atoms with E-state index < -0.39 is 17.9 Å². The van der Waals surface area contributed by atoms with E-state index in [0.717, 1.165) is 55.5 Å². The number of carbonyl (C=O) groups is 2. The molecule has 0 bridgehead atoms. The van der Waals surface area contributed by atoms with Crippen LogP contribution in [0.2, 0.25) is 0 Å². The summed E-state index contributed by atoms with van der Waals surface area (Å²) < 4.78 is 7.04. The molecule has 2 aromatic rings. The van der Waals surface area contributed by atoms with Crippen molar-refractivity contribution in [3.05, 3.63) is 41.5 Å². The van der Waals surface area contributed by atoms with Gasteiger partial charge in [-0.15, -0.1) is 0 Å². The highest BCUT2D eigenvalue weighted by Crippen LogP contribution is 2.41. The molecule has 1 aromatic heterocycles. The molecule has 1 fully saturated rings. The van der Waals surface area contributed by atoms with Gasteiger partial charge in [0, 0.05) is 56.7 Å². The maximum absolute atomic E-state index is 13.7. The van der Waals surface area contributed by atoms with Crippen molar-refractivity contribution in [2.45, 2.75) is 64.0 Å². The number of carbonyl (C=O) groups excluding carboxylic acids is 1. The van der Waals surface area contributed by atoms with Crippen molar-refractivity contribution in [3.8, 4) is 17.5 Å². The van der Waals surface area contributed by atoms with E-state index in [9.17, 15) is 24.9 Å². The van der Waals surface area contributed by atoms with Crippen molar-refractivity contribution in [3.63, 3.8) is 0 Å². The van der Waals surface area contributed by atoms with Crippen LogP contribution in [0.1, 0.15) is 56.1 Å². The summed E-state index contributed by atoms with van der Waals surface area (Å²) in [6.45, 7) is 5.90. The predicted molar refractivity (Wildman–Crippen MR) is 157 cm³/mol. The van der Waals surface area contributed by atoms with E-state index in [4.69, 9.17) is 4.74 Å². The van der Waals surface area contributed by atoms with Crippen LogP contribution >= 0.6 is 0 Å². The van der Waals surface area contributed by atoms with Crippen LogP contribution in [-0.4, -0.2) is 106 Å². The highest BCUT2D eigenvalue weighted by molar-refractivity contribution is 5.79. The summed E-state index contributed by atoms with van der Waals surface area (Å²) in [7, 11) is 4.09. The summed E-state index contributed by atoms with van der Waals surface area (Å²) in [6.07, 6.45) is 4.99. The number of benzene rings is 1. The maximum atomic E-state index is 13.7. The van der Waals surface area contributed by atoms with Crippen molar-refractivity contribution in [1.29, 1.82) is 0 Å². The van der Waals surface area contributed by atoms with E-state index >= 15 is 0 Å². The third-order valence-corrected chi connectivity index (χ3v) is 8.51. The molecular formula is C31H46N4O6. The van der Waals surface area contributed by atoms with Gasteiger partial charge in [0.25, 0.3) is 0 Å². The molecule has 4 rings (SSSR count). The SMILES string of the molecule is CCCCN(CCCCN(C)C)C(=O)CN1C[C@H](c2ccc3c(c2)CCO3)[C@@H](C(=O)O)[C@@H]1CCn1c(O)ccc1O. The minimum absolute atomic E-state index is 0.0205. The van der Waals surface area contributed by atoms with Crippen LogP contribution < -0.4 is 4.74 Å². The number of aromatic nitrogens is 1. The van der Waals surface area contributed by atoms with Gasteiger partial charge in [-0.1, -0.05) is 25.5 Å². The van der Waals surface area contributed by atoms with Crippen LogP contribution in [-0.2, 0) is 22.6 Å². The van der Waals surface area contributed by atoms with Gasteiger partial charge in [0.05, 0.1) is 19.1 Å². The Bertz CT molecular complexity index is 1160. The Hall–Kier alpha value is -3.24. The second-order valence-electron chi connectivity index (χ2n) is 11.7. The molecule has 10 nitrogen and oxygen atoms in total. The standard InChI is InChI=1S/C31H46N4O6/c1-4-5-15-33(16-7-6-14-32(2)3)29(38)21-34-20-24(22-8-9-26-23(19-22)13-18-41-26)30(31(39)40)25(34)12-17-35-27(36)10-11-28(35)37/h8-11,19,24-25,30,36-37H,4-7,12-18,20-21H2,1-3H3,(H,39,40)/t24-,25+,30-/m1/s1. The average Bonchev–Trinajstić information content (AvgIpc) is 3.63. The van der Waals surface area contributed by atoms with E-state index in [-0.39, 0.29) is 36.7 Å². The lowest BCUT2D eigenvalue weighted by molar-refractivity contribution is -0.144. The third-order valence-electron chi connectivity index (χ3n) is 8.51. The minimum atomic E-state index is -0.904. The number of likely N-dealkylation sites (tertiary alicyclic amines) is 1. The maximum Gasteiger partial charge on any atom is 0.308 e. The van der Waals surface area contributed by atoms with Crippen LogP contribution in [0, 0.1) is 5.92 Å². The van der Waals surface area contributed by atoms with Crippen LogP contribution in [0.3, 0.4) is 0 Å². The smallest absolute Gasteiger partial charge is 0.308 e. The van der Waals surface area contributed by atoms with Gasteiger partial charge in [-0.3, -0.25) is 19.1 Å². The first-order valence-corrected chi connectivity index (χ1v) is 14.9. The summed E-state index contributed by atoms with van der Waals surface area (Å²) in [4.78, 5) is 32.6. The molecule has 1 saturated heterocycles. The highest BCUT2D eigenvalue weighted by Gasteiger charge is 2.47. The topological polar surface area (TPSA) is 119 Å². The number of ether oxygens (including phenoxy) is 1. The van der Waals surface area contributed by atoms with Gasteiger partial charge < -0.3 is 29.9 Å². The quantitative estimate of drug-likeness (QED) is 0.279. The molecule has 2 aliphatic heterocycles. The molecule has 0 unspecified atom stereocenters. The van der Waals surface area contributed by atoms with Crippen molar-refractivity contribution >= 4 is 11.9 Å². The lowest BCUT2D eigenvalue weighted by Crippen LogP contribution is -2.45. The second kappa shape index (κ2) is 14.1. The van der Waals surface area contributed by atoms with Gasteiger partial charge in [0.2, 0.25) is 5.91 Å². The normalized spacial score (nSPS) is 20.3. The number of carboxylic acid groups (broad SMARTS) is 1. The summed E-state index contributed by atoms with van der Waals surface area (Å²) in [6, 6.07) is 8.32. The molecule has 3 heterocycles. The van der Waals surface area contributed by atoms with E-state index in [0.29, 0.717) is 32.7 Å². The first kappa shape index (κ1) is 30.7. The zero-order chi connectivity index (χ0) is 29.5. The summed E-state index contributed by atoms with van der Waals surface area (Å²) in [5, 5.41) is 30.9. The fourth-order valence-electron chi connectivity index (χ4n) is 6.28. The van der Waals surface area contributed by atoms with Gasteiger partial charge >= 0.3 is 5.97 Å². The summed E-state index contributed by atoms with van der Waals surface area (Å²) in [5.41, 5.74) is 2.03. The lowest BCUT2D eigenvalue weighted by atomic mass is 9.83. The Morgan fingerprint density at radius 1 is 1.02 bits per heavy atom. The first-order valence-electron chi connectivity index (χ1n) is 14.9. The molecule has 3 atom stereocenters. The lowest BCUT2D eigenvalue weighted by Gasteiger charge is -2.30. The molecule has 1 aromatic carbocycles. The number of unbranched alkanes of at least 4 members (excludes halogenated alkanes) is 2. The average molecular weight is 571 g/mol. The monoisotopic (exact) mass is 570 g/mol. The van der Waals surface area contributed by atoms with E-state index in [1.165, 1.54) is 16.7 Å². The molecule has 10 heteroatoms. The molecule has 0 radical (unpaired) electrons. The molecule has 3 N–H and O–H groups in total. The van der Waals surface area contributed by atoms with Gasteiger partial charge in [-0.05, 0) is 63.5 Å². The Morgan fingerprint density at radius 3 is 2.41 bits per heavy atom. The highest BCUT2D eigenvalue weighted by atomic mass is 16.5. The zero-order valence-corrected chi connectivity index (χ0v) is 24.7. The molecule has 1 amide bonds. The molecule has 41 heavy (non-hydrogen) atoms. The number of fused-ring (bicyclic) bond motifs is 1. The number of rotatable bonds is 15. The summed E-state index contributed by atoms with van der Waals surface area (Å²) >= 11 is 0. The van der Waals surface area contributed by atoms with Crippen LogP contribution in [0.4, 0.5) is 0 Å². The fraction of sp³-hybridized carbons (Fsp3) is 0.613. The van der Waals surface area contributed by atoms with Gasteiger partial charge in [0.1, 0.15) is 5.75 Å². The number of hydrogen-bond donors (Lipinski definition) is 3. The summed E-state index contributed by atoms with van der Waals surface area (Å²) in [5.74, 6) is -1.23. The molecular weight excluding hydrogens is 524 g/mol. The van der Waals surface area contributed by atoms with Crippen LogP contribution in [0.5, 0.6) is 17.5 Å². The number of nitrogens with zero attached hydrogens (tertiary/aromatic N) is 4. The Kier molecular flexibility index (Phi) is 10.6. The molecule has 0 spiro atoms. The Morgan fingerprint density at radius 2 is 1.73 bits per heavy atom. The van der Waals surface area contributed by atoms with Crippen LogP contribution in [0.15, 0.2) is 30.3 Å². The van der Waals surface area contributed by atoms with Gasteiger partial charge in [-0.2, -0.15) is 0 Å². The molecule has 0 saturated carbocycles. The minimum Gasteiger partial charge on any atom is -0.494 e. The second-order valence-corrected chi connectivity index (χ2v) is 11.7. The third kappa shape index (κ3) is 7.54. The van der Waals surface area contributed by atoms with Crippen molar-refractivity contribution < 1.29 is 29.6 Å². The van der Waals surface area contributed by atoms with Gasteiger partial charge in [-0.25, -0.2) is 0 Å². The number of carboxylic acids is 1. The fourth-order valence-corrected chi connectivity index (χ4v) is 6.28. The number of amides is 1. The zero-order valence-electron chi connectivity index (χ0n) is 24.7. The predicted octanol–water partition coefficient (Wildman–Crippen LogP) is 3.36. The molecule has 226 valence electrons. The number of aliphatic carboxylic acids is 1. The Labute approximate surface area is 243 Å². The van der Waals surface area contributed by atoms with Crippen molar-refractivity contribution in [1.82, 2.24) is 19.3 Å². The Balaban J connectivity index is 1.57. The van der Waals surface area contributed by atoms with E-state index in [1.54, 1.807) is 0 Å². The molecule has 0 aliphatic carbocycles. The van der Waals surface area contributed by atoms with E-state index in [1.807, 2.05) is 36.0 Å². The van der Waals surface area contributed by atoms with E-state index in [2.05, 4.69) is 17.9 Å². The number of hydrogen-bond acceptors (Lipinski definition) is 7. The van der Waals surface area contributed by atoms with Crippen molar-refractivity contribution in [2.24, 2.45) is 5.92 Å². The van der Waals surface area contributed by atoms with Crippen LogP contribution in [0.25, 0.3) is 0 Å². The largest absolute Gasteiger partial charge is 0.494 e.